The molecule has 0 aromatic heterocycles. The first-order valence-electron chi connectivity index (χ1n) is 5.65. The number of halogens is 13. The molecule has 0 saturated carbocycles. The van der Waals surface area contributed by atoms with Crippen LogP contribution in [0.1, 0.15) is 11.1 Å². The lowest BCUT2D eigenvalue weighted by Gasteiger charge is -2.36. The van der Waals surface area contributed by atoms with Gasteiger partial charge in [-0.3, -0.25) is 0 Å². The number of nitrogens with two attached hydrogens (primary N) is 1. The summed E-state index contributed by atoms with van der Waals surface area (Å²) in [5.74, 6) is -7.07. The number of nitrogen functional groups attached to an aromatic ring is 1. The van der Waals surface area contributed by atoms with E-state index in [1.165, 1.54) is 0 Å². The van der Waals surface area contributed by atoms with Crippen molar-refractivity contribution in [3.8, 4) is 0 Å². The van der Waals surface area contributed by atoms with Gasteiger partial charge in [-0.25, -0.2) is 4.39 Å². The van der Waals surface area contributed by atoms with Crippen LogP contribution in [0.15, 0.2) is 12.1 Å². The summed E-state index contributed by atoms with van der Waals surface area (Å²) in [6, 6.07) is -1.07. The van der Waals surface area contributed by atoms with Gasteiger partial charge in [-0.1, -0.05) is 0 Å². The first-order chi connectivity index (χ1) is 10.8. The van der Waals surface area contributed by atoms with E-state index < -0.39 is 56.6 Å². The lowest BCUT2D eigenvalue weighted by atomic mass is 9.86. The lowest BCUT2D eigenvalue weighted by molar-refractivity contribution is -0.389. The largest absolute Gasteiger partial charge is 0.457 e. The van der Waals surface area contributed by atoms with Crippen LogP contribution in [-0.4, -0.2) is 18.3 Å². The molecule has 25 heavy (non-hydrogen) atoms. The highest BCUT2D eigenvalue weighted by molar-refractivity contribution is 14.1. The van der Waals surface area contributed by atoms with Crippen molar-refractivity contribution in [2.24, 2.45) is 0 Å². The SMILES string of the molecule is Nc1c(I)cc([C@@](F)(C(F)(F)F)C(F)(F)C(F)(F)F)cc1C(F)(F)F. The smallest absolute Gasteiger partial charge is 0.397 e. The molecule has 0 heterocycles. The Morgan fingerprint density at radius 3 is 1.48 bits per heavy atom. The Morgan fingerprint density at radius 1 is 0.720 bits per heavy atom. The third kappa shape index (κ3) is 3.45. The van der Waals surface area contributed by atoms with Crippen LogP contribution >= 0.6 is 22.6 Å². The molecule has 0 spiro atoms. The van der Waals surface area contributed by atoms with E-state index in [9.17, 15) is 52.7 Å². The average Bonchev–Trinajstić information content (AvgIpc) is 2.36. The number of hydrogen-bond acceptors (Lipinski definition) is 1. The van der Waals surface area contributed by atoms with Gasteiger partial charge in [0.1, 0.15) is 0 Å². The van der Waals surface area contributed by atoms with E-state index in [0.717, 1.165) is 22.6 Å². The molecule has 0 radical (unpaired) electrons. The minimum absolute atomic E-state index is 0.252. The van der Waals surface area contributed by atoms with Crippen molar-refractivity contribution in [3.63, 3.8) is 0 Å². The molecule has 0 aliphatic heterocycles. The number of hydrogen-bond donors (Lipinski definition) is 1. The van der Waals surface area contributed by atoms with Crippen molar-refractivity contribution in [1.29, 1.82) is 0 Å². The molecule has 0 fully saturated rings. The van der Waals surface area contributed by atoms with Crippen molar-refractivity contribution in [2.45, 2.75) is 30.1 Å². The topological polar surface area (TPSA) is 26.0 Å². The highest BCUT2D eigenvalue weighted by Gasteiger charge is 2.81. The molecule has 0 saturated heterocycles. The Labute approximate surface area is 144 Å². The van der Waals surface area contributed by atoms with E-state index in [2.05, 4.69) is 0 Å². The molecule has 0 amide bonds. The van der Waals surface area contributed by atoms with Gasteiger partial charge >= 0.3 is 30.1 Å². The molecule has 1 rings (SSSR count). The molecule has 0 unspecified atom stereocenters. The first-order valence-corrected chi connectivity index (χ1v) is 6.73. The van der Waals surface area contributed by atoms with Crippen LogP contribution in [0.5, 0.6) is 0 Å². The number of anilines is 1. The van der Waals surface area contributed by atoms with Gasteiger partial charge < -0.3 is 5.73 Å². The fourth-order valence-corrected chi connectivity index (χ4v) is 2.40. The maximum atomic E-state index is 14.2. The van der Waals surface area contributed by atoms with Gasteiger partial charge in [0.15, 0.2) is 0 Å². The van der Waals surface area contributed by atoms with Crippen LogP contribution in [-0.2, 0) is 11.8 Å². The Balaban J connectivity index is 3.92. The quantitative estimate of drug-likeness (QED) is 0.307. The summed E-state index contributed by atoms with van der Waals surface area (Å²) in [6.07, 6.45) is -19.5. The third-order valence-electron chi connectivity index (χ3n) is 3.01. The summed E-state index contributed by atoms with van der Waals surface area (Å²) in [6.45, 7) is 0. The summed E-state index contributed by atoms with van der Waals surface area (Å²) >= 11 is 0.848. The van der Waals surface area contributed by atoms with Crippen LogP contribution in [0.3, 0.4) is 0 Å². The second-order valence-electron chi connectivity index (χ2n) is 4.65. The zero-order chi connectivity index (χ0) is 20.2. The zero-order valence-corrected chi connectivity index (χ0v) is 13.3. The predicted octanol–water partition coefficient (Wildman–Crippen LogP) is 5.82. The summed E-state index contributed by atoms with van der Waals surface area (Å²) in [7, 11) is 0. The maximum Gasteiger partial charge on any atom is 0.457 e. The van der Waals surface area contributed by atoms with Gasteiger partial charge in [0.2, 0.25) is 0 Å². The molecule has 1 atom stereocenters. The van der Waals surface area contributed by atoms with Crippen molar-refractivity contribution in [2.75, 3.05) is 5.73 Å². The first kappa shape index (κ1) is 22.0. The number of benzene rings is 1. The van der Waals surface area contributed by atoms with Gasteiger partial charge in [0.25, 0.3) is 0 Å². The monoisotopic (exact) mass is 505 g/mol. The van der Waals surface area contributed by atoms with Gasteiger partial charge in [-0.2, -0.15) is 48.3 Å². The van der Waals surface area contributed by atoms with Crippen LogP contribution in [0.25, 0.3) is 0 Å². The van der Waals surface area contributed by atoms with Crippen LogP contribution in [0.4, 0.5) is 58.4 Å². The molecule has 144 valence electrons. The van der Waals surface area contributed by atoms with Crippen LogP contribution < -0.4 is 5.73 Å². The van der Waals surface area contributed by atoms with Crippen molar-refractivity contribution in [3.05, 3.63) is 26.8 Å². The summed E-state index contributed by atoms with van der Waals surface area (Å²) in [5.41, 5.74) is -7.53. The summed E-state index contributed by atoms with van der Waals surface area (Å²) < 4.78 is 153. The second-order valence-corrected chi connectivity index (χ2v) is 5.81. The van der Waals surface area contributed by atoms with E-state index in [1.807, 2.05) is 0 Å². The second kappa shape index (κ2) is 5.97. The minimum Gasteiger partial charge on any atom is -0.397 e. The van der Waals surface area contributed by atoms with E-state index >= 15 is 0 Å². The molecule has 1 nitrogen and oxygen atoms in total. The Bertz CT molecular complexity index is 659. The maximum absolute atomic E-state index is 14.2. The van der Waals surface area contributed by atoms with E-state index in [-0.39, 0.29) is 6.07 Å². The molecule has 0 aliphatic carbocycles. The standard InChI is InChI=1S/C11H4F12IN/c12-7(10(18,19)20,9(16,17)11(21,22)23)3-1-4(8(13,14)15)6(25)5(24)2-3/h1-2H,25H2/t7-/m0/s1. The lowest BCUT2D eigenvalue weighted by Crippen LogP contribution is -2.59. The molecule has 1 aromatic rings. The molecule has 2 N–H and O–H groups in total. The third-order valence-corrected chi connectivity index (χ3v) is 3.90. The fourth-order valence-electron chi connectivity index (χ4n) is 1.77. The summed E-state index contributed by atoms with van der Waals surface area (Å²) in [5, 5.41) is 0. The zero-order valence-electron chi connectivity index (χ0n) is 11.1. The molecule has 14 heteroatoms. The molecule has 0 aliphatic rings. The molecule has 1 aromatic carbocycles. The minimum atomic E-state index is -7.07. The number of rotatable bonds is 2. The van der Waals surface area contributed by atoms with E-state index in [1.54, 1.807) is 0 Å². The molecule has 0 bridgehead atoms. The van der Waals surface area contributed by atoms with E-state index in [4.69, 9.17) is 5.73 Å². The molecular weight excluding hydrogens is 501 g/mol. The fraction of sp³-hybridized carbons (Fsp3) is 0.455. The van der Waals surface area contributed by atoms with Gasteiger partial charge in [0, 0.05) is 9.13 Å². The van der Waals surface area contributed by atoms with Gasteiger partial charge in [-0.15, -0.1) is 0 Å². The van der Waals surface area contributed by atoms with Crippen molar-refractivity contribution in [1.82, 2.24) is 0 Å². The summed E-state index contributed by atoms with van der Waals surface area (Å²) in [4.78, 5) is 0. The Kier molecular flexibility index (Phi) is 5.24. The predicted molar refractivity (Wildman–Crippen MR) is 68.4 cm³/mol. The Hall–Kier alpha value is -1.09. The highest BCUT2D eigenvalue weighted by Crippen LogP contribution is 2.59. The highest BCUT2D eigenvalue weighted by atomic mass is 127. The van der Waals surface area contributed by atoms with Crippen molar-refractivity contribution < 1.29 is 52.7 Å². The van der Waals surface area contributed by atoms with E-state index in [0.29, 0.717) is 0 Å². The average molecular weight is 505 g/mol. The normalized spacial score (nSPS) is 16.7. The Morgan fingerprint density at radius 2 is 1.16 bits per heavy atom. The van der Waals surface area contributed by atoms with Crippen molar-refractivity contribution >= 4 is 28.3 Å². The number of alkyl halides is 12. The van der Waals surface area contributed by atoms with Crippen LogP contribution in [0, 0.1) is 3.57 Å². The van der Waals surface area contributed by atoms with Gasteiger partial charge in [-0.05, 0) is 34.7 Å². The molecular formula is C11H4F12IN. The van der Waals surface area contributed by atoms with Gasteiger partial charge in [0.05, 0.1) is 11.3 Å². The van der Waals surface area contributed by atoms with Crippen LogP contribution in [0.2, 0.25) is 0 Å².